The Morgan fingerprint density at radius 2 is 1.94 bits per heavy atom. The molecule has 0 saturated carbocycles. The van der Waals surface area contributed by atoms with E-state index in [1.54, 1.807) is 34.9 Å². The first kappa shape index (κ1) is 14.2. The second kappa shape index (κ2) is 7.37. The molecule has 1 aromatic carbocycles. The molecular weight excluding hydrogens is 350 g/mol. The molecule has 0 aliphatic rings. The monoisotopic (exact) mass is 361 g/mol. The third-order valence-corrected chi connectivity index (χ3v) is 5.63. The highest BCUT2D eigenvalue weighted by molar-refractivity contribution is 9.10. The van der Waals surface area contributed by atoms with E-state index < -0.39 is 0 Å². The summed E-state index contributed by atoms with van der Waals surface area (Å²) < 4.78 is 3.16. The van der Waals surface area contributed by atoms with E-state index in [2.05, 4.69) is 43.6 Å². The maximum atomic E-state index is 4.12. The lowest BCUT2D eigenvalue weighted by molar-refractivity contribution is 0.955. The fraction of sp³-hybridized carbons (Fsp3) is 0.273. The molecule has 2 aromatic rings. The van der Waals surface area contributed by atoms with Gasteiger partial charge in [-0.2, -0.15) is 0 Å². The second-order valence-corrected chi connectivity index (χ2v) is 7.61. The molecule has 96 valence electrons. The zero-order chi connectivity index (χ0) is 12.8. The smallest absolute Gasteiger partial charge is 0.175 e. The van der Waals surface area contributed by atoms with Crippen molar-refractivity contribution in [3.05, 3.63) is 28.7 Å². The molecule has 0 radical (unpaired) electrons. The van der Waals surface area contributed by atoms with Crippen LogP contribution in [0.1, 0.15) is 0 Å². The molecule has 1 heterocycles. The highest BCUT2D eigenvalue weighted by Crippen LogP contribution is 2.27. The Balaban J connectivity index is 1.71. The Bertz CT molecular complexity index is 487. The summed E-state index contributed by atoms with van der Waals surface area (Å²) in [5.41, 5.74) is 1.14. The molecule has 0 fully saturated rings. The van der Waals surface area contributed by atoms with Crippen LogP contribution in [0, 0.1) is 0 Å². The number of nitrogens with one attached hydrogen (secondary N) is 1. The number of halogens is 1. The van der Waals surface area contributed by atoms with E-state index in [1.165, 1.54) is 0 Å². The Morgan fingerprint density at radius 1 is 1.22 bits per heavy atom. The quantitative estimate of drug-likeness (QED) is 0.615. The summed E-state index contributed by atoms with van der Waals surface area (Å²) in [6.07, 6.45) is 2.02. The molecule has 1 aromatic heterocycles. The maximum Gasteiger partial charge on any atom is 0.175 e. The van der Waals surface area contributed by atoms with E-state index in [0.717, 1.165) is 31.1 Å². The lowest BCUT2D eigenvalue weighted by Crippen LogP contribution is -2.03. The largest absolute Gasteiger partial charge is 0.384 e. The average molecular weight is 362 g/mol. The van der Waals surface area contributed by atoms with Crippen LogP contribution in [0.15, 0.2) is 37.4 Å². The summed E-state index contributed by atoms with van der Waals surface area (Å²) in [5, 5.41) is 11.6. The zero-order valence-electron chi connectivity index (χ0n) is 9.72. The van der Waals surface area contributed by atoms with Crippen molar-refractivity contribution >= 4 is 56.5 Å². The van der Waals surface area contributed by atoms with Crippen molar-refractivity contribution in [1.29, 1.82) is 0 Å². The highest BCUT2D eigenvalue weighted by Gasteiger charge is 2.02. The summed E-state index contributed by atoms with van der Waals surface area (Å²) >= 11 is 8.45. The van der Waals surface area contributed by atoms with Crippen LogP contribution in [0.2, 0.25) is 0 Å². The van der Waals surface area contributed by atoms with Crippen molar-refractivity contribution in [2.75, 3.05) is 23.9 Å². The van der Waals surface area contributed by atoms with E-state index in [4.69, 9.17) is 0 Å². The molecule has 3 nitrogen and oxygen atoms in total. The van der Waals surface area contributed by atoms with Gasteiger partial charge in [0.1, 0.15) is 0 Å². The van der Waals surface area contributed by atoms with Crippen molar-refractivity contribution < 1.29 is 0 Å². The number of aromatic nitrogens is 2. The molecule has 1 N–H and O–H groups in total. The van der Waals surface area contributed by atoms with Gasteiger partial charge in [-0.1, -0.05) is 50.8 Å². The molecule has 0 amide bonds. The van der Waals surface area contributed by atoms with Gasteiger partial charge in [-0.3, -0.25) is 0 Å². The normalized spacial score (nSPS) is 10.6. The third kappa shape index (κ3) is 4.46. The van der Waals surface area contributed by atoms with Gasteiger partial charge in [0.05, 0.1) is 0 Å². The molecule has 18 heavy (non-hydrogen) atoms. The topological polar surface area (TPSA) is 37.8 Å². The predicted molar refractivity (Wildman–Crippen MR) is 85.0 cm³/mol. The minimum Gasteiger partial charge on any atom is -0.384 e. The van der Waals surface area contributed by atoms with Crippen LogP contribution in [-0.4, -0.2) is 28.8 Å². The number of rotatable bonds is 6. The molecule has 7 heteroatoms. The van der Waals surface area contributed by atoms with Crippen LogP contribution in [0.25, 0.3) is 0 Å². The molecular formula is C11H12BrN3S3. The van der Waals surface area contributed by atoms with Crippen molar-refractivity contribution in [2.45, 2.75) is 8.68 Å². The van der Waals surface area contributed by atoms with Crippen LogP contribution < -0.4 is 5.32 Å². The summed E-state index contributed by atoms with van der Waals surface area (Å²) in [7, 11) is 0. The van der Waals surface area contributed by atoms with E-state index >= 15 is 0 Å². The predicted octanol–water partition coefficient (Wildman–Crippen LogP) is 4.23. The number of nitrogens with zero attached hydrogens (tertiary/aromatic N) is 2. The van der Waals surface area contributed by atoms with Gasteiger partial charge in [0.2, 0.25) is 0 Å². The van der Waals surface area contributed by atoms with Gasteiger partial charge in [0, 0.05) is 22.5 Å². The zero-order valence-corrected chi connectivity index (χ0v) is 13.8. The van der Waals surface area contributed by atoms with Crippen LogP contribution >= 0.6 is 50.8 Å². The molecule has 0 aliphatic heterocycles. The molecule has 0 spiro atoms. The minimum absolute atomic E-state index is 0.917. The Hall–Kier alpha value is -0.240. The summed E-state index contributed by atoms with van der Waals surface area (Å²) in [4.78, 5) is 0. The van der Waals surface area contributed by atoms with E-state index in [0.29, 0.717) is 0 Å². The first-order chi connectivity index (χ1) is 8.78. The minimum atomic E-state index is 0.917. The van der Waals surface area contributed by atoms with E-state index in [-0.39, 0.29) is 0 Å². The molecule has 0 unspecified atom stereocenters. The molecule has 0 aliphatic carbocycles. The third-order valence-electron chi connectivity index (χ3n) is 2.06. The van der Waals surface area contributed by atoms with Gasteiger partial charge >= 0.3 is 0 Å². The van der Waals surface area contributed by atoms with Gasteiger partial charge in [-0.15, -0.1) is 10.2 Å². The second-order valence-electron chi connectivity index (χ2n) is 3.32. The SMILES string of the molecule is CSc1nnc(SCCNc2ccc(Br)cc2)s1. The molecule has 0 bridgehead atoms. The van der Waals surface area contributed by atoms with Gasteiger partial charge in [0.25, 0.3) is 0 Å². The van der Waals surface area contributed by atoms with Crippen molar-refractivity contribution in [3.8, 4) is 0 Å². The Morgan fingerprint density at radius 3 is 2.61 bits per heavy atom. The van der Waals surface area contributed by atoms with Gasteiger partial charge in [0.15, 0.2) is 8.68 Å². The van der Waals surface area contributed by atoms with E-state index in [9.17, 15) is 0 Å². The number of anilines is 1. The van der Waals surface area contributed by atoms with Gasteiger partial charge in [-0.05, 0) is 30.5 Å². The molecule has 0 saturated heterocycles. The average Bonchev–Trinajstić information content (AvgIpc) is 2.85. The lowest BCUT2D eigenvalue weighted by Gasteiger charge is -2.04. The van der Waals surface area contributed by atoms with Crippen LogP contribution in [0.3, 0.4) is 0 Å². The Kier molecular flexibility index (Phi) is 5.81. The van der Waals surface area contributed by atoms with Crippen molar-refractivity contribution in [3.63, 3.8) is 0 Å². The van der Waals surface area contributed by atoms with Crippen molar-refractivity contribution in [1.82, 2.24) is 10.2 Å². The Labute approximate surface area is 127 Å². The van der Waals surface area contributed by atoms with Crippen LogP contribution in [0.5, 0.6) is 0 Å². The fourth-order valence-electron chi connectivity index (χ4n) is 1.24. The first-order valence-electron chi connectivity index (χ1n) is 5.27. The number of hydrogen-bond donors (Lipinski definition) is 1. The first-order valence-corrected chi connectivity index (χ1v) is 9.09. The van der Waals surface area contributed by atoms with Gasteiger partial charge in [-0.25, -0.2) is 0 Å². The highest BCUT2D eigenvalue weighted by atomic mass is 79.9. The summed E-state index contributed by atoms with van der Waals surface area (Å²) in [5.74, 6) is 0.985. The number of hydrogen-bond acceptors (Lipinski definition) is 6. The maximum absolute atomic E-state index is 4.12. The van der Waals surface area contributed by atoms with E-state index in [1.807, 2.05) is 18.4 Å². The van der Waals surface area contributed by atoms with Crippen LogP contribution in [0.4, 0.5) is 5.69 Å². The fourth-order valence-corrected chi connectivity index (χ4v) is 3.87. The van der Waals surface area contributed by atoms with Gasteiger partial charge < -0.3 is 5.32 Å². The molecule has 2 rings (SSSR count). The number of benzene rings is 1. The van der Waals surface area contributed by atoms with Crippen LogP contribution in [-0.2, 0) is 0 Å². The standard InChI is InChI=1S/C11H12BrN3S3/c1-16-10-14-15-11(18-10)17-7-6-13-9-4-2-8(12)3-5-9/h2-5,13H,6-7H2,1H3. The lowest BCUT2D eigenvalue weighted by atomic mass is 10.3. The number of thioether (sulfide) groups is 2. The summed E-state index contributed by atoms with van der Waals surface area (Å²) in [6, 6.07) is 8.19. The summed E-state index contributed by atoms with van der Waals surface area (Å²) in [6.45, 7) is 0.917. The van der Waals surface area contributed by atoms with Crippen molar-refractivity contribution in [2.24, 2.45) is 0 Å². The molecule has 0 atom stereocenters.